The Bertz CT molecular complexity index is 961. The maximum atomic E-state index is 12.5. The lowest BCUT2D eigenvalue weighted by Crippen LogP contribution is -2.20. The predicted octanol–water partition coefficient (Wildman–Crippen LogP) is 5.56. The monoisotopic (exact) mass is 453 g/mol. The van der Waals surface area contributed by atoms with Gasteiger partial charge >= 0.3 is 5.97 Å². The minimum atomic E-state index is -0.507. The Morgan fingerprint density at radius 1 is 1.24 bits per heavy atom. The van der Waals surface area contributed by atoms with Gasteiger partial charge < -0.3 is 15.4 Å². The molecule has 1 aromatic carbocycles. The van der Waals surface area contributed by atoms with Crippen LogP contribution in [0.25, 0.3) is 0 Å². The number of methoxy groups -OCH3 is 1. The number of esters is 1. The first-order chi connectivity index (χ1) is 13.9. The first-order valence-electron chi connectivity index (χ1n) is 9.15. The highest BCUT2D eigenvalue weighted by Crippen LogP contribution is 2.38. The molecule has 0 radical (unpaired) electrons. The summed E-state index contributed by atoms with van der Waals surface area (Å²) in [6.45, 7) is 0. The van der Waals surface area contributed by atoms with E-state index in [2.05, 4.69) is 10.6 Å². The fraction of sp³-hybridized carbons (Fsp3) is 0.368. The van der Waals surface area contributed by atoms with E-state index in [1.54, 1.807) is 0 Å². The van der Waals surface area contributed by atoms with Gasteiger partial charge in [-0.1, -0.05) is 24.4 Å². The van der Waals surface area contributed by atoms with E-state index in [9.17, 15) is 14.9 Å². The van der Waals surface area contributed by atoms with Gasteiger partial charge in [0.15, 0.2) is 5.11 Å². The second-order valence-corrected chi connectivity index (χ2v) is 8.53. The Balaban J connectivity index is 1.86. The molecule has 1 aliphatic rings. The molecule has 0 atom stereocenters. The Kier molecular flexibility index (Phi) is 7.05. The number of ether oxygens (including phenoxy) is 1. The van der Waals surface area contributed by atoms with Crippen molar-refractivity contribution in [1.29, 1.82) is 0 Å². The van der Waals surface area contributed by atoms with Crippen molar-refractivity contribution in [2.75, 3.05) is 17.7 Å². The number of rotatable bonds is 4. The van der Waals surface area contributed by atoms with E-state index in [0.29, 0.717) is 21.3 Å². The lowest BCUT2D eigenvalue weighted by atomic mass is 9.96. The van der Waals surface area contributed by atoms with Gasteiger partial charge in [-0.2, -0.15) is 0 Å². The van der Waals surface area contributed by atoms with Gasteiger partial charge in [-0.3, -0.25) is 10.1 Å². The quantitative estimate of drug-likeness (QED) is 0.270. The van der Waals surface area contributed by atoms with Crippen molar-refractivity contribution in [3.8, 4) is 0 Å². The van der Waals surface area contributed by atoms with Crippen molar-refractivity contribution in [2.24, 2.45) is 0 Å². The van der Waals surface area contributed by atoms with Gasteiger partial charge in [-0.15, -0.1) is 11.3 Å². The van der Waals surface area contributed by atoms with E-state index >= 15 is 0 Å². The summed E-state index contributed by atoms with van der Waals surface area (Å²) in [7, 11) is 1.36. The van der Waals surface area contributed by atoms with Crippen molar-refractivity contribution in [3.05, 3.63) is 49.3 Å². The molecule has 10 heteroatoms. The van der Waals surface area contributed by atoms with E-state index in [0.717, 1.165) is 37.7 Å². The van der Waals surface area contributed by atoms with Crippen molar-refractivity contribution in [1.82, 2.24) is 0 Å². The normalized spacial score (nSPS) is 13.6. The molecule has 7 nitrogen and oxygen atoms in total. The van der Waals surface area contributed by atoms with Crippen LogP contribution in [0.3, 0.4) is 0 Å². The average molecular weight is 454 g/mol. The molecule has 0 spiro atoms. The van der Waals surface area contributed by atoms with E-state index in [1.165, 1.54) is 47.9 Å². The summed E-state index contributed by atoms with van der Waals surface area (Å²) in [4.78, 5) is 24.1. The number of halogens is 1. The number of hydrogen-bond donors (Lipinski definition) is 2. The zero-order valence-corrected chi connectivity index (χ0v) is 18.1. The Morgan fingerprint density at radius 2 is 1.97 bits per heavy atom. The fourth-order valence-electron chi connectivity index (χ4n) is 3.30. The third-order valence-electron chi connectivity index (χ3n) is 4.70. The summed E-state index contributed by atoms with van der Waals surface area (Å²) in [5, 5.41) is 18.0. The Hall–Kier alpha value is -2.23. The van der Waals surface area contributed by atoms with E-state index in [1.807, 2.05) is 0 Å². The molecule has 2 aromatic rings. The highest BCUT2D eigenvalue weighted by Gasteiger charge is 2.25. The van der Waals surface area contributed by atoms with Crippen molar-refractivity contribution >= 4 is 62.6 Å². The summed E-state index contributed by atoms with van der Waals surface area (Å²) < 4.78 is 5.00. The molecule has 0 fully saturated rings. The van der Waals surface area contributed by atoms with E-state index < -0.39 is 10.9 Å². The third-order valence-corrected chi connectivity index (χ3v) is 6.44. The number of fused-ring (bicyclic) bond motifs is 1. The number of hydrogen-bond acceptors (Lipinski definition) is 6. The van der Waals surface area contributed by atoms with Crippen LogP contribution >= 0.6 is 35.2 Å². The van der Waals surface area contributed by atoms with Gasteiger partial charge in [0.1, 0.15) is 5.00 Å². The number of anilines is 2. The van der Waals surface area contributed by atoms with Crippen LogP contribution in [0.4, 0.5) is 16.4 Å². The first-order valence-corrected chi connectivity index (χ1v) is 10.8. The van der Waals surface area contributed by atoms with Gasteiger partial charge in [0, 0.05) is 17.0 Å². The molecule has 1 aromatic heterocycles. The zero-order chi connectivity index (χ0) is 21.0. The van der Waals surface area contributed by atoms with Crippen LogP contribution in [0.5, 0.6) is 0 Å². The van der Waals surface area contributed by atoms with Crippen LogP contribution < -0.4 is 10.6 Å². The smallest absolute Gasteiger partial charge is 0.341 e. The minimum absolute atomic E-state index is 0.103. The number of thiocarbonyl (C=S) groups is 1. The summed E-state index contributed by atoms with van der Waals surface area (Å²) in [6.07, 6.45) is 6.18. The third kappa shape index (κ3) is 5.04. The molecule has 1 aliphatic carbocycles. The summed E-state index contributed by atoms with van der Waals surface area (Å²) >= 11 is 13.0. The van der Waals surface area contributed by atoms with Crippen LogP contribution in [-0.4, -0.2) is 23.1 Å². The molecule has 3 rings (SSSR count). The summed E-state index contributed by atoms with van der Waals surface area (Å²) in [5.41, 5.74) is 1.76. The van der Waals surface area contributed by atoms with Crippen LogP contribution in [0.1, 0.15) is 46.5 Å². The summed E-state index contributed by atoms with van der Waals surface area (Å²) in [5.74, 6) is -0.401. The molecular formula is C19H20ClN3O4S2. The largest absolute Gasteiger partial charge is 0.465 e. The zero-order valence-electron chi connectivity index (χ0n) is 15.7. The van der Waals surface area contributed by atoms with Gasteiger partial charge in [-0.05, 0) is 49.5 Å². The molecule has 1 heterocycles. The second kappa shape index (κ2) is 9.51. The van der Waals surface area contributed by atoms with Gasteiger partial charge in [-0.25, -0.2) is 4.79 Å². The number of nitrogens with zero attached hydrogens (tertiary/aromatic N) is 1. The topological polar surface area (TPSA) is 93.5 Å². The molecule has 0 amide bonds. The molecule has 0 saturated carbocycles. The Labute approximate surface area is 182 Å². The number of nitro groups is 1. The highest BCUT2D eigenvalue weighted by molar-refractivity contribution is 7.80. The summed E-state index contributed by atoms with van der Waals surface area (Å²) in [6, 6.07) is 4.06. The van der Waals surface area contributed by atoms with Crippen molar-refractivity contribution < 1.29 is 14.5 Å². The number of carbonyl (C=O) groups excluding carboxylic acids is 1. The highest BCUT2D eigenvalue weighted by atomic mass is 35.5. The van der Waals surface area contributed by atoms with E-state index in [4.69, 9.17) is 28.6 Å². The lowest BCUT2D eigenvalue weighted by Gasteiger charge is -2.12. The minimum Gasteiger partial charge on any atom is -0.465 e. The number of benzene rings is 1. The maximum absolute atomic E-state index is 12.5. The van der Waals surface area contributed by atoms with Crippen LogP contribution in [0.2, 0.25) is 5.02 Å². The van der Waals surface area contributed by atoms with Crippen LogP contribution in [0, 0.1) is 10.1 Å². The van der Waals surface area contributed by atoms with Crippen molar-refractivity contribution in [2.45, 2.75) is 38.5 Å². The predicted molar refractivity (Wildman–Crippen MR) is 119 cm³/mol. The van der Waals surface area contributed by atoms with Gasteiger partial charge in [0.05, 0.1) is 28.3 Å². The standard InChI is InChI=1S/C19H20ClN3O4S2/c1-27-18(24)16-12-6-4-2-3-5-7-15(12)29-17(16)22-19(28)21-14-10-11(23(25)26)8-9-13(14)20/h8-10H,2-7H2,1H3,(H2,21,22,28). The van der Waals surface area contributed by atoms with Gasteiger partial charge in [0.2, 0.25) is 0 Å². The maximum Gasteiger partial charge on any atom is 0.341 e. The van der Waals surface area contributed by atoms with Crippen molar-refractivity contribution in [3.63, 3.8) is 0 Å². The molecule has 0 bridgehead atoms. The molecule has 0 unspecified atom stereocenters. The number of carbonyl (C=O) groups is 1. The molecule has 2 N–H and O–H groups in total. The molecular weight excluding hydrogens is 434 g/mol. The van der Waals surface area contributed by atoms with Crippen LogP contribution in [0.15, 0.2) is 18.2 Å². The van der Waals surface area contributed by atoms with Crippen LogP contribution in [-0.2, 0) is 17.6 Å². The number of thiophene rings is 1. The molecule has 0 saturated heterocycles. The first kappa shape index (κ1) is 21.5. The van der Waals surface area contributed by atoms with Gasteiger partial charge in [0.25, 0.3) is 5.69 Å². The Morgan fingerprint density at radius 3 is 2.66 bits per heavy atom. The second-order valence-electron chi connectivity index (χ2n) is 6.61. The molecule has 154 valence electrons. The molecule has 0 aliphatic heterocycles. The fourth-order valence-corrected chi connectivity index (χ4v) is 5.03. The number of nitro benzene ring substituents is 1. The van der Waals surface area contributed by atoms with E-state index in [-0.39, 0.29) is 10.8 Å². The lowest BCUT2D eigenvalue weighted by molar-refractivity contribution is -0.384. The number of nitrogens with one attached hydrogen (secondary N) is 2. The average Bonchev–Trinajstić information content (AvgIpc) is 2.98. The SMILES string of the molecule is COC(=O)c1c(NC(=S)Nc2cc([N+](=O)[O-])ccc2Cl)sc2c1CCCCCC2. The molecule has 29 heavy (non-hydrogen) atoms. The number of aryl methyl sites for hydroxylation is 1. The number of non-ortho nitro benzene ring substituents is 1.